The van der Waals surface area contributed by atoms with E-state index in [0.29, 0.717) is 6.54 Å². The maximum atomic E-state index is 12.7. The molecule has 0 unspecified atom stereocenters. The van der Waals surface area contributed by atoms with Gasteiger partial charge in [-0.3, -0.25) is 5.41 Å². The zero-order valence-corrected chi connectivity index (χ0v) is 23.1. The minimum Gasteiger partial charge on any atom is -0.444 e. The van der Waals surface area contributed by atoms with Crippen LogP contribution in [0.25, 0.3) is 10.9 Å². The van der Waals surface area contributed by atoms with Crippen molar-refractivity contribution in [2.75, 3.05) is 6.54 Å². The van der Waals surface area contributed by atoms with Gasteiger partial charge in [-0.25, -0.2) is 9.79 Å². The Hall–Kier alpha value is -2.57. The highest BCUT2D eigenvalue weighted by Crippen LogP contribution is 2.23. The molecule has 1 amide bonds. The predicted octanol–water partition coefficient (Wildman–Crippen LogP) is 6.54. The molecule has 36 heavy (non-hydrogen) atoms. The minimum absolute atomic E-state index is 0.116. The Balaban J connectivity index is 1.61. The molecule has 0 saturated carbocycles. The molecule has 3 rings (SSSR count). The number of likely N-dealkylation sites (tertiary alicyclic amines) is 1. The minimum atomic E-state index is -0.527. The van der Waals surface area contributed by atoms with E-state index in [1.54, 1.807) is 4.90 Å². The molecule has 196 valence electrons. The van der Waals surface area contributed by atoms with Crippen LogP contribution in [0.1, 0.15) is 97.5 Å². The van der Waals surface area contributed by atoms with E-state index in [9.17, 15) is 4.79 Å². The highest BCUT2D eigenvalue weighted by atomic mass is 16.6. The third-order valence-corrected chi connectivity index (χ3v) is 6.95. The van der Waals surface area contributed by atoms with Crippen LogP contribution in [0, 0.1) is 5.41 Å². The predicted molar refractivity (Wildman–Crippen MR) is 153 cm³/mol. The summed E-state index contributed by atoms with van der Waals surface area (Å²) in [5.41, 5.74) is 2.22. The van der Waals surface area contributed by atoms with Crippen molar-refractivity contribution in [3.8, 4) is 0 Å². The van der Waals surface area contributed by atoms with Crippen LogP contribution in [0.15, 0.2) is 35.5 Å². The average Bonchev–Trinajstić information content (AvgIpc) is 3.47. The number of nitrogens with one attached hydrogen (secondary N) is 1. The number of aromatic nitrogens is 1. The van der Waals surface area contributed by atoms with E-state index in [0.717, 1.165) is 36.1 Å². The smallest absolute Gasteiger partial charge is 0.410 e. The standard InChI is InChI=1S/C29H45BN4O2/c1-5-6-7-8-9-10-11-12-18-33-20-17-22-15-16-23(21-25(22)33)27(31)32-26(30)24-14-13-19-34(24)28(35)36-29(2,3)4/h15-17,20-21,24,31H,5-14,18-19,30H2,1-4H3/b31-27?,32-26-/t24-/m0/s1. The van der Waals surface area contributed by atoms with Crippen molar-refractivity contribution < 1.29 is 9.53 Å². The molecule has 6 nitrogen and oxygen atoms in total. The Morgan fingerprint density at radius 3 is 2.50 bits per heavy atom. The molecule has 0 bridgehead atoms. The fourth-order valence-corrected chi connectivity index (χ4v) is 5.00. The molecule has 7 heteroatoms. The van der Waals surface area contributed by atoms with Gasteiger partial charge in [0.25, 0.3) is 0 Å². The summed E-state index contributed by atoms with van der Waals surface area (Å²) in [5, 5.41) is 9.86. The van der Waals surface area contributed by atoms with Crippen LogP contribution in [-0.4, -0.2) is 53.0 Å². The van der Waals surface area contributed by atoms with Crippen LogP contribution in [0.5, 0.6) is 0 Å². The Bertz CT molecular complexity index is 1050. The normalized spacial score (nSPS) is 16.6. The highest BCUT2D eigenvalue weighted by Gasteiger charge is 2.33. The van der Waals surface area contributed by atoms with Gasteiger partial charge in [0, 0.05) is 30.4 Å². The first-order chi connectivity index (χ1) is 17.2. The molecule has 2 heterocycles. The number of carbonyl (C=O) groups excluding carboxylic acids is 1. The van der Waals surface area contributed by atoms with E-state index in [1.165, 1.54) is 56.8 Å². The SMILES string of the molecule is B/C(=N\C(=N)c1ccc2ccn(CCCCCCCCCC)c2c1)[C@@H]1CCCN1C(=O)OC(C)(C)C. The zero-order chi connectivity index (χ0) is 26.1. The van der Waals surface area contributed by atoms with Gasteiger partial charge in [0.05, 0.1) is 6.04 Å². The van der Waals surface area contributed by atoms with Crippen molar-refractivity contribution in [3.05, 3.63) is 36.0 Å². The van der Waals surface area contributed by atoms with Crippen LogP contribution in [0.4, 0.5) is 4.79 Å². The lowest BCUT2D eigenvalue weighted by molar-refractivity contribution is 0.0267. The summed E-state index contributed by atoms with van der Waals surface area (Å²) in [6.07, 6.45) is 14.1. The molecule has 0 radical (unpaired) electrons. The number of hydrogen-bond donors (Lipinski definition) is 1. The fraction of sp³-hybridized carbons (Fsp3) is 0.621. The van der Waals surface area contributed by atoms with Crippen LogP contribution in [-0.2, 0) is 11.3 Å². The van der Waals surface area contributed by atoms with Crippen LogP contribution in [0.3, 0.4) is 0 Å². The van der Waals surface area contributed by atoms with Crippen LogP contribution >= 0.6 is 0 Å². The van der Waals surface area contributed by atoms with Crippen molar-refractivity contribution >= 4 is 36.3 Å². The number of benzene rings is 1. The average molecular weight is 493 g/mol. The summed E-state index contributed by atoms with van der Waals surface area (Å²) in [6.45, 7) is 9.58. The van der Waals surface area contributed by atoms with Crippen molar-refractivity contribution in [2.24, 2.45) is 4.99 Å². The molecular weight excluding hydrogens is 447 g/mol. The first kappa shape index (κ1) is 28.0. The van der Waals surface area contributed by atoms with Crippen molar-refractivity contribution in [3.63, 3.8) is 0 Å². The first-order valence-corrected chi connectivity index (χ1v) is 13.9. The van der Waals surface area contributed by atoms with Crippen LogP contribution in [0.2, 0.25) is 0 Å². The molecule has 1 aromatic carbocycles. The Morgan fingerprint density at radius 1 is 1.11 bits per heavy atom. The summed E-state index contributed by atoms with van der Waals surface area (Å²) >= 11 is 0. The number of rotatable bonds is 11. The number of ether oxygens (including phenoxy) is 1. The van der Waals surface area contributed by atoms with E-state index >= 15 is 0 Å². The van der Waals surface area contributed by atoms with Crippen molar-refractivity contribution in [2.45, 2.75) is 110 Å². The lowest BCUT2D eigenvalue weighted by Gasteiger charge is -2.28. The van der Waals surface area contributed by atoms with E-state index < -0.39 is 5.60 Å². The summed E-state index contributed by atoms with van der Waals surface area (Å²) < 4.78 is 7.90. The topological polar surface area (TPSA) is 70.7 Å². The van der Waals surface area contributed by atoms with Gasteiger partial charge in [0.15, 0.2) is 13.7 Å². The molecule has 1 aliphatic heterocycles. The second-order valence-corrected chi connectivity index (χ2v) is 11.2. The maximum absolute atomic E-state index is 12.7. The summed E-state index contributed by atoms with van der Waals surface area (Å²) in [5.74, 6) is 0.241. The van der Waals surface area contributed by atoms with Crippen molar-refractivity contribution in [1.29, 1.82) is 5.41 Å². The fourth-order valence-electron chi connectivity index (χ4n) is 5.00. The number of aryl methyl sites for hydroxylation is 1. The summed E-state index contributed by atoms with van der Waals surface area (Å²) in [4.78, 5) is 19.1. The van der Waals surface area contributed by atoms with Gasteiger partial charge < -0.3 is 14.2 Å². The van der Waals surface area contributed by atoms with E-state index in [1.807, 2.05) is 34.7 Å². The van der Waals surface area contributed by atoms with Gasteiger partial charge in [-0.1, -0.05) is 64.0 Å². The van der Waals surface area contributed by atoms with E-state index in [-0.39, 0.29) is 18.0 Å². The molecule has 1 N–H and O–H groups in total. The zero-order valence-electron chi connectivity index (χ0n) is 23.1. The van der Waals surface area contributed by atoms with Gasteiger partial charge in [-0.15, -0.1) is 0 Å². The summed E-state index contributed by atoms with van der Waals surface area (Å²) in [6, 6.07) is 8.17. The van der Waals surface area contributed by atoms with Gasteiger partial charge in [-0.05, 0) is 63.2 Å². The van der Waals surface area contributed by atoms with E-state index in [2.05, 4.69) is 40.9 Å². The number of unbranched alkanes of at least 4 members (excludes halogenated alkanes) is 7. The molecule has 1 saturated heterocycles. The molecular formula is C29H45BN4O2. The number of fused-ring (bicyclic) bond motifs is 1. The Morgan fingerprint density at radius 2 is 1.81 bits per heavy atom. The monoisotopic (exact) mass is 492 g/mol. The summed E-state index contributed by atoms with van der Waals surface area (Å²) in [7, 11) is 1.92. The quantitative estimate of drug-likeness (QED) is 0.167. The second kappa shape index (κ2) is 13.1. The maximum Gasteiger partial charge on any atom is 0.410 e. The molecule has 1 atom stereocenters. The highest BCUT2D eigenvalue weighted by molar-refractivity contribution is 6.62. The number of nitrogens with zero attached hydrogens (tertiary/aromatic N) is 3. The molecule has 1 fully saturated rings. The third-order valence-electron chi connectivity index (χ3n) is 6.95. The molecule has 0 spiro atoms. The number of carbonyl (C=O) groups is 1. The van der Waals surface area contributed by atoms with Gasteiger partial charge in [0.2, 0.25) is 0 Å². The largest absolute Gasteiger partial charge is 0.444 e. The Kier molecular flexibility index (Phi) is 10.2. The molecule has 0 aliphatic carbocycles. The number of amides is 1. The second-order valence-electron chi connectivity index (χ2n) is 11.2. The lowest BCUT2D eigenvalue weighted by Crippen LogP contribution is -2.43. The number of amidine groups is 1. The van der Waals surface area contributed by atoms with Crippen LogP contribution < -0.4 is 0 Å². The molecule has 2 aromatic rings. The molecule has 1 aromatic heterocycles. The molecule has 1 aliphatic rings. The van der Waals surface area contributed by atoms with E-state index in [4.69, 9.17) is 10.1 Å². The van der Waals surface area contributed by atoms with Gasteiger partial charge in [0.1, 0.15) is 5.60 Å². The van der Waals surface area contributed by atoms with Gasteiger partial charge >= 0.3 is 6.09 Å². The third kappa shape index (κ3) is 7.97. The lowest BCUT2D eigenvalue weighted by atomic mass is 9.91. The van der Waals surface area contributed by atoms with Gasteiger partial charge in [-0.2, -0.15) is 0 Å². The number of hydrogen-bond acceptors (Lipinski definition) is 3. The first-order valence-electron chi connectivity index (χ1n) is 13.9. The van der Waals surface area contributed by atoms with Crippen molar-refractivity contribution in [1.82, 2.24) is 9.47 Å². The number of aliphatic imine (C=N–C) groups is 1. The Labute approximate surface area is 218 Å².